The molecule has 0 spiro atoms. The van der Waals surface area contributed by atoms with Crippen LogP contribution in [0.2, 0.25) is 0 Å². The monoisotopic (exact) mass is 279 g/mol. The van der Waals surface area contributed by atoms with Crippen LogP contribution in [-0.4, -0.2) is 23.9 Å². The second-order valence-corrected chi connectivity index (χ2v) is 6.60. The highest BCUT2D eigenvalue weighted by atomic mass is 16.5. The van der Waals surface area contributed by atoms with Crippen LogP contribution in [-0.2, 0) is 5.41 Å². The molecular formula is C17H29NO2. The van der Waals surface area contributed by atoms with Gasteiger partial charge in [0.2, 0.25) is 0 Å². The predicted octanol–water partition coefficient (Wildman–Crippen LogP) is 3.24. The minimum Gasteiger partial charge on any atom is -0.494 e. The summed E-state index contributed by atoms with van der Waals surface area (Å²) in [5.41, 5.74) is 6.99. The zero-order valence-corrected chi connectivity index (χ0v) is 13.3. The summed E-state index contributed by atoms with van der Waals surface area (Å²) in [6.07, 6.45) is 2.41. The molecule has 0 amide bonds. The van der Waals surface area contributed by atoms with Crippen LogP contribution >= 0.6 is 0 Å². The van der Waals surface area contributed by atoms with Gasteiger partial charge >= 0.3 is 0 Å². The van der Waals surface area contributed by atoms with E-state index in [4.69, 9.17) is 10.5 Å². The SMILES string of the molecule is CCC(N)(CO)CCCOc1cccc(C(C)(C)C)c1. The number of rotatable bonds is 7. The minimum atomic E-state index is -0.462. The Bertz CT molecular complexity index is 406. The molecule has 0 aliphatic carbocycles. The normalized spacial score (nSPS) is 14.9. The van der Waals surface area contributed by atoms with Crippen molar-refractivity contribution < 1.29 is 9.84 Å². The largest absolute Gasteiger partial charge is 0.494 e. The van der Waals surface area contributed by atoms with Crippen molar-refractivity contribution in [3.63, 3.8) is 0 Å². The molecule has 0 bridgehead atoms. The summed E-state index contributed by atoms with van der Waals surface area (Å²) in [5.74, 6) is 0.903. The highest BCUT2D eigenvalue weighted by Gasteiger charge is 2.20. The lowest BCUT2D eigenvalue weighted by molar-refractivity contribution is 0.171. The van der Waals surface area contributed by atoms with Gasteiger partial charge in [0.15, 0.2) is 0 Å². The highest BCUT2D eigenvalue weighted by molar-refractivity contribution is 5.32. The summed E-state index contributed by atoms with van der Waals surface area (Å²) >= 11 is 0. The van der Waals surface area contributed by atoms with Crippen LogP contribution < -0.4 is 10.5 Å². The van der Waals surface area contributed by atoms with E-state index in [1.54, 1.807) is 0 Å². The molecule has 3 N–H and O–H groups in total. The van der Waals surface area contributed by atoms with E-state index >= 15 is 0 Å². The fraction of sp³-hybridized carbons (Fsp3) is 0.647. The molecule has 1 unspecified atom stereocenters. The van der Waals surface area contributed by atoms with Crippen molar-refractivity contribution in [3.8, 4) is 5.75 Å². The lowest BCUT2D eigenvalue weighted by Gasteiger charge is -2.25. The summed E-state index contributed by atoms with van der Waals surface area (Å²) < 4.78 is 5.79. The third kappa shape index (κ3) is 5.14. The van der Waals surface area contributed by atoms with E-state index in [1.165, 1.54) is 5.56 Å². The average Bonchev–Trinajstić information content (AvgIpc) is 2.43. The Kier molecular flexibility index (Phi) is 6.03. The van der Waals surface area contributed by atoms with E-state index in [1.807, 2.05) is 19.1 Å². The minimum absolute atomic E-state index is 0.0308. The second kappa shape index (κ2) is 7.09. The molecule has 0 aromatic heterocycles. The summed E-state index contributed by atoms with van der Waals surface area (Å²) in [7, 11) is 0. The van der Waals surface area contributed by atoms with Gasteiger partial charge in [0.05, 0.1) is 13.2 Å². The smallest absolute Gasteiger partial charge is 0.119 e. The first-order valence-electron chi connectivity index (χ1n) is 7.44. The molecule has 1 aromatic rings. The molecule has 0 fully saturated rings. The quantitative estimate of drug-likeness (QED) is 0.753. The Morgan fingerprint density at radius 1 is 1.25 bits per heavy atom. The number of aliphatic hydroxyl groups is 1. The molecule has 1 rings (SSSR count). The third-order valence-corrected chi connectivity index (χ3v) is 3.81. The molecular weight excluding hydrogens is 250 g/mol. The van der Waals surface area contributed by atoms with Gasteiger partial charge in [-0.2, -0.15) is 0 Å². The molecule has 114 valence electrons. The second-order valence-electron chi connectivity index (χ2n) is 6.60. The number of ether oxygens (including phenoxy) is 1. The molecule has 3 nitrogen and oxygen atoms in total. The van der Waals surface area contributed by atoms with Gasteiger partial charge in [-0.15, -0.1) is 0 Å². The summed E-state index contributed by atoms with van der Waals surface area (Å²) in [4.78, 5) is 0. The van der Waals surface area contributed by atoms with Gasteiger partial charge in [0.1, 0.15) is 5.75 Å². The van der Waals surface area contributed by atoms with Crippen molar-refractivity contribution in [2.45, 2.75) is 57.9 Å². The van der Waals surface area contributed by atoms with E-state index in [0.29, 0.717) is 6.61 Å². The van der Waals surface area contributed by atoms with Crippen LogP contribution in [0.4, 0.5) is 0 Å². The first-order valence-corrected chi connectivity index (χ1v) is 7.44. The first kappa shape index (κ1) is 17.0. The van der Waals surface area contributed by atoms with Crippen LogP contribution in [0.5, 0.6) is 5.75 Å². The molecule has 0 heterocycles. The number of nitrogens with two attached hydrogens (primary N) is 1. The lowest BCUT2D eigenvalue weighted by atomic mass is 9.87. The Morgan fingerprint density at radius 3 is 2.50 bits per heavy atom. The van der Waals surface area contributed by atoms with Crippen LogP contribution in [0.15, 0.2) is 24.3 Å². The van der Waals surface area contributed by atoms with E-state index in [-0.39, 0.29) is 12.0 Å². The Hall–Kier alpha value is -1.06. The fourth-order valence-electron chi connectivity index (χ4n) is 2.03. The molecule has 0 saturated carbocycles. The van der Waals surface area contributed by atoms with Crippen LogP contribution in [0.3, 0.4) is 0 Å². The van der Waals surface area contributed by atoms with E-state index in [0.717, 1.165) is 25.0 Å². The summed E-state index contributed by atoms with van der Waals surface area (Å²) in [6, 6.07) is 8.24. The zero-order chi connectivity index (χ0) is 15.2. The Balaban J connectivity index is 2.47. The molecule has 1 aromatic carbocycles. The van der Waals surface area contributed by atoms with Gasteiger partial charge < -0.3 is 15.6 Å². The van der Waals surface area contributed by atoms with Crippen LogP contribution in [0.25, 0.3) is 0 Å². The lowest BCUT2D eigenvalue weighted by Crippen LogP contribution is -2.43. The van der Waals surface area contributed by atoms with Crippen molar-refractivity contribution in [2.75, 3.05) is 13.2 Å². The topological polar surface area (TPSA) is 55.5 Å². The maximum Gasteiger partial charge on any atom is 0.119 e. The molecule has 0 aliphatic heterocycles. The fourth-order valence-corrected chi connectivity index (χ4v) is 2.03. The third-order valence-electron chi connectivity index (χ3n) is 3.81. The summed E-state index contributed by atoms with van der Waals surface area (Å²) in [5, 5.41) is 9.26. The number of aliphatic hydroxyl groups excluding tert-OH is 1. The van der Waals surface area contributed by atoms with Gasteiger partial charge in [0, 0.05) is 5.54 Å². The zero-order valence-electron chi connectivity index (χ0n) is 13.3. The van der Waals surface area contributed by atoms with Crippen molar-refractivity contribution >= 4 is 0 Å². The molecule has 1 atom stereocenters. The van der Waals surface area contributed by atoms with Crippen molar-refractivity contribution in [1.29, 1.82) is 0 Å². The Labute approximate surface area is 123 Å². The molecule has 0 aliphatic rings. The highest BCUT2D eigenvalue weighted by Crippen LogP contribution is 2.25. The standard InChI is InChI=1S/C17H29NO2/c1-5-17(18,13-19)10-7-11-20-15-9-6-8-14(12-15)16(2,3)4/h6,8-9,12,19H,5,7,10-11,13,18H2,1-4H3. The van der Waals surface area contributed by atoms with E-state index in [2.05, 4.69) is 32.9 Å². The Morgan fingerprint density at radius 2 is 1.95 bits per heavy atom. The van der Waals surface area contributed by atoms with Crippen LogP contribution in [0, 0.1) is 0 Å². The number of hydrogen-bond donors (Lipinski definition) is 2. The first-order chi connectivity index (χ1) is 9.30. The van der Waals surface area contributed by atoms with Gasteiger partial charge in [-0.25, -0.2) is 0 Å². The maximum absolute atomic E-state index is 9.26. The van der Waals surface area contributed by atoms with Gasteiger partial charge in [-0.3, -0.25) is 0 Å². The number of benzene rings is 1. The molecule has 3 heteroatoms. The average molecular weight is 279 g/mol. The van der Waals surface area contributed by atoms with Gasteiger partial charge in [0.25, 0.3) is 0 Å². The van der Waals surface area contributed by atoms with E-state index in [9.17, 15) is 5.11 Å². The van der Waals surface area contributed by atoms with E-state index < -0.39 is 5.54 Å². The van der Waals surface area contributed by atoms with Gasteiger partial charge in [-0.05, 0) is 42.4 Å². The van der Waals surface area contributed by atoms with Crippen molar-refractivity contribution in [1.82, 2.24) is 0 Å². The van der Waals surface area contributed by atoms with Crippen molar-refractivity contribution in [3.05, 3.63) is 29.8 Å². The van der Waals surface area contributed by atoms with Crippen LogP contribution in [0.1, 0.15) is 52.5 Å². The summed E-state index contributed by atoms with van der Waals surface area (Å²) in [6.45, 7) is 9.24. The number of hydrogen-bond acceptors (Lipinski definition) is 3. The molecule has 20 heavy (non-hydrogen) atoms. The predicted molar refractivity (Wildman–Crippen MR) is 84.2 cm³/mol. The molecule has 0 radical (unpaired) electrons. The maximum atomic E-state index is 9.26. The van der Waals surface area contributed by atoms with Crippen molar-refractivity contribution in [2.24, 2.45) is 5.73 Å². The molecule has 0 saturated heterocycles. The van der Waals surface area contributed by atoms with Gasteiger partial charge in [-0.1, -0.05) is 39.8 Å².